The maximum Gasteiger partial charge on any atom is 0.285 e. The number of benzene rings is 1. The molecule has 1 aromatic rings. The Morgan fingerprint density at radius 3 is 2.84 bits per heavy atom. The lowest BCUT2D eigenvalue weighted by molar-refractivity contribution is -0.385. The Morgan fingerprint density at radius 2 is 2.26 bits per heavy atom. The van der Waals surface area contributed by atoms with Gasteiger partial charge in [-0.2, -0.15) is 0 Å². The van der Waals surface area contributed by atoms with Crippen molar-refractivity contribution >= 4 is 11.6 Å². The summed E-state index contributed by atoms with van der Waals surface area (Å²) in [6.45, 7) is 1.89. The second-order valence-corrected chi connectivity index (χ2v) is 4.07. The molecule has 0 saturated carbocycles. The van der Waals surface area contributed by atoms with Gasteiger partial charge in [-0.25, -0.2) is 4.39 Å². The molecule has 0 spiro atoms. The molecule has 0 aliphatic heterocycles. The molecule has 1 rings (SSSR count). The fourth-order valence-corrected chi connectivity index (χ4v) is 1.59. The molecule has 1 aromatic carbocycles. The number of amides is 1. The third-order valence-electron chi connectivity index (χ3n) is 2.52. The van der Waals surface area contributed by atoms with Crippen molar-refractivity contribution < 1.29 is 19.2 Å². The molecule has 7 heteroatoms. The van der Waals surface area contributed by atoms with Gasteiger partial charge in [0.05, 0.1) is 17.1 Å². The molecular formula is C12H15FN2O4. The van der Waals surface area contributed by atoms with Crippen molar-refractivity contribution in [1.29, 1.82) is 0 Å². The summed E-state index contributed by atoms with van der Waals surface area (Å²) in [5, 5.41) is 22.6. The second-order valence-electron chi connectivity index (χ2n) is 4.07. The molecule has 2 N–H and O–H groups in total. The normalized spacial score (nSPS) is 11.9. The van der Waals surface area contributed by atoms with Gasteiger partial charge < -0.3 is 10.4 Å². The van der Waals surface area contributed by atoms with Crippen LogP contribution in [-0.2, 0) is 0 Å². The third kappa shape index (κ3) is 4.29. The van der Waals surface area contributed by atoms with Crippen LogP contribution in [0.1, 0.15) is 30.1 Å². The van der Waals surface area contributed by atoms with E-state index in [-0.39, 0.29) is 12.1 Å². The van der Waals surface area contributed by atoms with Crippen LogP contribution in [0, 0.1) is 15.9 Å². The van der Waals surface area contributed by atoms with Crippen LogP contribution in [0.3, 0.4) is 0 Å². The lowest BCUT2D eigenvalue weighted by Gasteiger charge is -2.10. The summed E-state index contributed by atoms with van der Waals surface area (Å²) in [4.78, 5) is 21.7. The van der Waals surface area contributed by atoms with Crippen LogP contribution in [0.15, 0.2) is 18.2 Å². The summed E-state index contributed by atoms with van der Waals surface area (Å²) in [5.74, 6) is -1.49. The van der Waals surface area contributed by atoms with E-state index in [1.807, 2.05) is 6.92 Å². The standard InChI is InChI=1S/C12H15FN2O4/c1-2-3-9(16)7-14-12(17)10-5-4-8(13)6-11(10)15(18)19/h4-6,9,16H,2-3,7H2,1H3,(H,14,17). The Kier molecular flexibility index (Phi) is 5.37. The van der Waals surface area contributed by atoms with Crippen molar-refractivity contribution in [3.05, 3.63) is 39.7 Å². The molecule has 0 aliphatic carbocycles. The Bertz CT molecular complexity index is 479. The molecule has 0 bridgehead atoms. The van der Waals surface area contributed by atoms with Crippen LogP contribution in [-0.4, -0.2) is 28.6 Å². The summed E-state index contributed by atoms with van der Waals surface area (Å²) < 4.78 is 12.9. The first-order valence-electron chi connectivity index (χ1n) is 5.86. The fourth-order valence-electron chi connectivity index (χ4n) is 1.59. The number of hydrogen-bond donors (Lipinski definition) is 2. The van der Waals surface area contributed by atoms with Gasteiger partial charge in [0.1, 0.15) is 11.4 Å². The molecule has 6 nitrogen and oxygen atoms in total. The van der Waals surface area contributed by atoms with Crippen LogP contribution in [0.5, 0.6) is 0 Å². The van der Waals surface area contributed by atoms with E-state index in [0.717, 1.165) is 18.6 Å². The minimum absolute atomic E-state index is 0.00119. The van der Waals surface area contributed by atoms with E-state index in [1.54, 1.807) is 0 Å². The number of halogens is 1. The molecule has 0 fully saturated rings. The topological polar surface area (TPSA) is 92.5 Å². The molecule has 0 saturated heterocycles. The Labute approximate surface area is 109 Å². The van der Waals surface area contributed by atoms with Gasteiger partial charge in [0.15, 0.2) is 0 Å². The smallest absolute Gasteiger partial charge is 0.285 e. The first-order chi connectivity index (χ1) is 8.95. The summed E-state index contributed by atoms with van der Waals surface area (Å²) in [6, 6.07) is 2.72. The predicted octanol–water partition coefficient (Wildman–Crippen LogP) is 1.62. The maximum atomic E-state index is 12.9. The van der Waals surface area contributed by atoms with Crippen molar-refractivity contribution in [1.82, 2.24) is 5.32 Å². The summed E-state index contributed by atoms with van der Waals surface area (Å²) in [5.41, 5.74) is -0.822. The SMILES string of the molecule is CCCC(O)CNC(=O)c1ccc(F)cc1[N+](=O)[O-]. The van der Waals surface area contributed by atoms with Crippen molar-refractivity contribution in [2.24, 2.45) is 0 Å². The van der Waals surface area contributed by atoms with Gasteiger partial charge >= 0.3 is 0 Å². The molecule has 104 valence electrons. The zero-order chi connectivity index (χ0) is 14.4. The first-order valence-corrected chi connectivity index (χ1v) is 5.86. The number of carbonyl (C=O) groups excluding carboxylic acids is 1. The van der Waals surface area contributed by atoms with E-state index in [4.69, 9.17) is 0 Å². The second kappa shape index (κ2) is 6.79. The molecule has 0 heterocycles. The Balaban J connectivity index is 2.79. The average molecular weight is 270 g/mol. The van der Waals surface area contributed by atoms with E-state index in [9.17, 15) is 24.4 Å². The largest absolute Gasteiger partial charge is 0.391 e. The highest BCUT2D eigenvalue weighted by Gasteiger charge is 2.21. The van der Waals surface area contributed by atoms with Gasteiger partial charge in [0.2, 0.25) is 0 Å². The Hall–Kier alpha value is -2.02. The fraction of sp³-hybridized carbons (Fsp3) is 0.417. The number of nitro groups is 1. The van der Waals surface area contributed by atoms with E-state index in [1.165, 1.54) is 0 Å². The van der Waals surface area contributed by atoms with Gasteiger partial charge in [-0.15, -0.1) is 0 Å². The third-order valence-corrected chi connectivity index (χ3v) is 2.52. The summed E-state index contributed by atoms with van der Waals surface area (Å²) in [6.07, 6.45) is 0.577. The van der Waals surface area contributed by atoms with E-state index in [0.29, 0.717) is 12.5 Å². The molecule has 0 radical (unpaired) electrons. The number of aliphatic hydroxyl groups is 1. The van der Waals surface area contributed by atoms with Crippen LogP contribution in [0.2, 0.25) is 0 Å². The van der Waals surface area contributed by atoms with Crippen LogP contribution in [0.25, 0.3) is 0 Å². The van der Waals surface area contributed by atoms with Gasteiger partial charge in [-0.05, 0) is 18.6 Å². The van der Waals surface area contributed by atoms with Crippen molar-refractivity contribution in [3.8, 4) is 0 Å². The van der Waals surface area contributed by atoms with Crippen molar-refractivity contribution in [2.75, 3.05) is 6.54 Å². The number of carbonyl (C=O) groups is 1. The quantitative estimate of drug-likeness (QED) is 0.607. The highest BCUT2D eigenvalue weighted by atomic mass is 19.1. The lowest BCUT2D eigenvalue weighted by Crippen LogP contribution is -2.32. The molecule has 0 aliphatic rings. The van der Waals surface area contributed by atoms with Crippen LogP contribution < -0.4 is 5.32 Å². The van der Waals surface area contributed by atoms with Gasteiger partial charge in [-0.3, -0.25) is 14.9 Å². The molecule has 0 aromatic heterocycles. The number of nitrogens with one attached hydrogen (secondary N) is 1. The minimum atomic E-state index is -0.819. The molecule has 1 atom stereocenters. The zero-order valence-electron chi connectivity index (χ0n) is 10.4. The van der Waals surface area contributed by atoms with Crippen LogP contribution >= 0.6 is 0 Å². The van der Waals surface area contributed by atoms with Crippen molar-refractivity contribution in [2.45, 2.75) is 25.9 Å². The monoisotopic (exact) mass is 270 g/mol. The maximum absolute atomic E-state index is 12.9. The highest BCUT2D eigenvalue weighted by Crippen LogP contribution is 2.19. The summed E-state index contributed by atoms with van der Waals surface area (Å²) >= 11 is 0. The zero-order valence-corrected chi connectivity index (χ0v) is 10.4. The molecule has 19 heavy (non-hydrogen) atoms. The highest BCUT2D eigenvalue weighted by molar-refractivity contribution is 5.98. The average Bonchev–Trinajstić information content (AvgIpc) is 2.36. The predicted molar refractivity (Wildman–Crippen MR) is 66.3 cm³/mol. The van der Waals surface area contributed by atoms with Gasteiger partial charge in [0, 0.05) is 6.54 Å². The molecule has 1 amide bonds. The van der Waals surface area contributed by atoms with E-state index in [2.05, 4.69) is 5.32 Å². The van der Waals surface area contributed by atoms with E-state index < -0.39 is 28.4 Å². The number of aliphatic hydroxyl groups excluding tert-OH is 1. The number of rotatable bonds is 6. The molecular weight excluding hydrogens is 255 g/mol. The molecule has 1 unspecified atom stereocenters. The lowest BCUT2D eigenvalue weighted by atomic mass is 10.1. The van der Waals surface area contributed by atoms with Gasteiger partial charge in [0.25, 0.3) is 11.6 Å². The van der Waals surface area contributed by atoms with Crippen LogP contribution in [0.4, 0.5) is 10.1 Å². The summed E-state index contributed by atoms with van der Waals surface area (Å²) in [7, 11) is 0. The van der Waals surface area contributed by atoms with E-state index >= 15 is 0 Å². The van der Waals surface area contributed by atoms with Gasteiger partial charge in [-0.1, -0.05) is 13.3 Å². The minimum Gasteiger partial charge on any atom is -0.391 e. The van der Waals surface area contributed by atoms with Crippen molar-refractivity contribution in [3.63, 3.8) is 0 Å². The number of hydrogen-bond acceptors (Lipinski definition) is 4. The first kappa shape index (κ1) is 15.0. The number of nitrogens with zero attached hydrogens (tertiary/aromatic N) is 1. The number of nitro benzene ring substituents is 1. The Morgan fingerprint density at radius 1 is 1.58 bits per heavy atom.